The molecule has 0 fully saturated rings. The normalized spacial score (nSPS) is 12.8. The molecular weight excluding hydrogens is 827 g/mol. The molecule has 0 unspecified atom stereocenters. The minimum atomic E-state index is -0.557. The quantitative estimate of drug-likeness (QED) is 0.160. The summed E-state index contributed by atoms with van der Waals surface area (Å²) >= 11 is 0. The summed E-state index contributed by atoms with van der Waals surface area (Å²) < 4.78 is 13.1. The minimum absolute atomic E-state index is 0.557. The first-order valence-electron chi connectivity index (χ1n) is 23.3. The molecule has 2 heterocycles. The molecule has 318 valence electrons. The Morgan fingerprint density at radius 2 is 0.897 bits per heavy atom. The number of furan rings is 2. The van der Waals surface area contributed by atoms with Crippen molar-refractivity contribution >= 4 is 71.7 Å². The summed E-state index contributed by atoms with van der Waals surface area (Å²) in [7, 11) is 0. The lowest BCUT2D eigenvalue weighted by atomic mass is 9.68. The van der Waals surface area contributed by atoms with Crippen LogP contribution in [-0.4, -0.2) is 0 Å². The molecule has 11 aromatic carbocycles. The molecule has 68 heavy (non-hydrogen) atoms. The first-order chi connectivity index (χ1) is 33.7. The highest BCUT2D eigenvalue weighted by molar-refractivity contribution is 6.14. The van der Waals surface area contributed by atoms with Crippen molar-refractivity contribution in [3.05, 3.63) is 271 Å². The Kier molecular flexibility index (Phi) is 8.50. The van der Waals surface area contributed by atoms with E-state index >= 15 is 0 Å². The molecule has 0 radical (unpaired) electrons. The molecule has 0 amide bonds. The Balaban J connectivity index is 1.02. The van der Waals surface area contributed by atoms with Crippen LogP contribution < -0.4 is 4.90 Å². The van der Waals surface area contributed by atoms with Crippen LogP contribution in [0.25, 0.3) is 88.0 Å². The number of hydrogen-bond donors (Lipinski definition) is 0. The third-order valence-electron chi connectivity index (χ3n) is 14.3. The lowest BCUT2D eigenvalue weighted by Crippen LogP contribution is -2.28. The number of fused-ring (bicyclic) bond motifs is 10. The standard InChI is InChI=1S/C65H41NO2/c1-3-19-46(20-4-1)65(47-21-5-2-6-22-47)56-28-12-9-25-53(56)63-57(65)29-16-31-59(63)66(48-36-33-42(34-37-48)45-35-38-61-54(40-45)50-24-11-14-32-60(50)67-61)58-30-13-10-23-49(58)51-26-15-27-52-55-39-43-17-7-8-18-44(43)41-62(55)68-64(51)52/h1-41H. The zero-order valence-corrected chi connectivity index (χ0v) is 36.9. The molecule has 1 aliphatic rings. The molecule has 3 nitrogen and oxygen atoms in total. The van der Waals surface area contributed by atoms with Gasteiger partial charge >= 0.3 is 0 Å². The van der Waals surface area contributed by atoms with Crippen molar-refractivity contribution < 1.29 is 8.83 Å². The summed E-state index contributed by atoms with van der Waals surface area (Å²) in [6, 6.07) is 90.2. The Morgan fingerprint density at radius 3 is 1.71 bits per heavy atom. The summed E-state index contributed by atoms with van der Waals surface area (Å²) in [5.74, 6) is 0. The van der Waals surface area contributed by atoms with Crippen LogP contribution in [0, 0.1) is 0 Å². The Hall–Kier alpha value is -8.92. The van der Waals surface area contributed by atoms with Crippen LogP contribution in [-0.2, 0) is 5.41 Å². The molecule has 13 aromatic rings. The zero-order chi connectivity index (χ0) is 44.8. The second kappa shape index (κ2) is 15.1. The van der Waals surface area contributed by atoms with E-state index in [2.05, 4.69) is 241 Å². The number of rotatable bonds is 7. The molecule has 0 atom stereocenters. The predicted octanol–water partition coefficient (Wildman–Crippen LogP) is 17.8. The fourth-order valence-corrected chi connectivity index (χ4v) is 11.4. The van der Waals surface area contributed by atoms with Gasteiger partial charge in [-0.2, -0.15) is 0 Å². The van der Waals surface area contributed by atoms with Crippen LogP contribution in [0.3, 0.4) is 0 Å². The van der Waals surface area contributed by atoms with Crippen molar-refractivity contribution in [3.8, 4) is 33.4 Å². The third-order valence-corrected chi connectivity index (χ3v) is 14.3. The van der Waals surface area contributed by atoms with Gasteiger partial charge in [-0.15, -0.1) is 0 Å². The average Bonchev–Trinajstić information content (AvgIpc) is 4.07. The maximum absolute atomic E-state index is 6.93. The lowest BCUT2D eigenvalue weighted by Gasteiger charge is -2.34. The van der Waals surface area contributed by atoms with Crippen LogP contribution in [0.15, 0.2) is 258 Å². The van der Waals surface area contributed by atoms with Crippen LogP contribution in [0.1, 0.15) is 22.3 Å². The molecule has 0 N–H and O–H groups in total. The monoisotopic (exact) mass is 867 g/mol. The number of para-hydroxylation sites is 3. The summed E-state index contributed by atoms with van der Waals surface area (Å²) in [5.41, 5.74) is 18.0. The van der Waals surface area contributed by atoms with Crippen LogP contribution in [0.4, 0.5) is 17.1 Å². The Morgan fingerprint density at radius 1 is 0.324 bits per heavy atom. The van der Waals surface area contributed by atoms with E-state index in [1.807, 2.05) is 12.1 Å². The highest BCUT2D eigenvalue weighted by Crippen LogP contribution is 2.60. The maximum Gasteiger partial charge on any atom is 0.143 e. The molecule has 0 aliphatic heterocycles. The average molecular weight is 868 g/mol. The van der Waals surface area contributed by atoms with Crippen LogP contribution in [0.5, 0.6) is 0 Å². The van der Waals surface area contributed by atoms with Gasteiger partial charge in [-0.1, -0.05) is 194 Å². The van der Waals surface area contributed by atoms with Crippen LogP contribution >= 0.6 is 0 Å². The van der Waals surface area contributed by atoms with Crippen molar-refractivity contribution in [2.45, 2.75) is 5.41 Å². The van der Waals surface area contributed by atoms with Gasteiger partial charge in [-0.05, 0) is 104 Å². The smallest absolute Gasteiger partial charge is 0.143 e. The predicted molar refractivity (Wildman–Crippen MR) is 281 cm³/mol. The first kappa shape index (κ1) is 38.4. The molecule has 2 aromatic heterocycles. The summed E-state index contributed by atoms with van der Waals surface area (Å²) in [6.07, 6.45) is 0. The molecule has 14 rings (SSSR count). The minimum Gasteiger partial charge on any atom is -0.456 e. The van der Waals surface area contributed by atoms with Gasteiger partial charge in [0, 0.05) is 43.9 Å². The SMILES string of the molecule is c1ccc(C2(c3ccccc3)c3ccccc3-c3c(N(c4ccc(-c5ccc6oc7ccccc7c6c5)cc4)c4ccccc4-c4cccc5c4oc4cc6ccccc6cc45)cccc32)cc1. The topological polar surface area (TPSA) is 29.5 Å². The van der Waals surface area contributed by atoms with Crippen molar-refractivity contribution in [2.24, 2.45) is 0 Å². The van der Waals surface area contributed by atoms with Crippen molar-refractivity contribution in [2.75, 3.05) is 4.90 Å². The Labute approximate surface area is 393 Å². The maximum atomic E-state index is 6.93. The van der Waals surface area contributed by atoms with Gasteiger partial charge in [0.15, 0.2) is 0 Å². The van der Waals surface area contributed by atoms with E-state index in [9.17, 15) is 0 Å². The zero-order valence-electron chi connectivity index (χ0n) is 36.9. The molecular formula is C65H41NO2. The first-order valence-corrected chi connectivity index (χ1v) is 23.3. The molecule has 0 spiro atoms. The molecule has 0 saturated heterocycles. The Bertz CT molecular complexity index is 4050. The number of anilines is 3. The van der Waals surface area contributed by atoms with E-state index < -0.39 is 5.41 Å². The molecule has 3 heteroatoms. The fraction of sp³-hybridized carbons (Fsp3) is 0.0154. The fourth-order valence-electron chi connectivity index (χ4n) is 11.4. The molecule has 0 saturated carbocycles. The third kappa shape index (κ3) is 5.66. The van der Waals surface area contributed by atoms with Gasteiger partial charge in [-0.25, -0.2) is 0 Å². The highest BCUT2D eigenvalue weighted by atomic mass is 16.3. The van der Waals surface area contributed by atoms with E-state index in [0.29, 0.717) is 0 Å². The van der Waals surface area contributed by atoms with Gasteiger partial charge in [0.1, 0.15) is 22.3 Å². The number of nitrogens with zero attached hydrogens (tertiary/aromatic N) is 1. The number of hydrogen-bond acceptors (Lipinski definition) is 3. The second-order valence-electron chi connectivity index (χ2n) is 17.9. The largest absolute Gasteiger partial charge is 0.456 e. The summed E-state index contributed by atoms with van der Waals surface area (Å²) in [4.78, 5) is 2.48. The van der Waals surface area contributed by atoms with Crippen LogP contribution in [0.2, 0.25) is 0 Å². The van der Waals surface area contributed by atoms with E-state index in [4.69, 9.17) is 8.83 Å². The van der Waals surface area contributed by atoms with E-state index in [1.54, 1.807) is 0 Å². The summed E-state index contributed by atoms with van der Waals surface area (Å²) in [6.45, 7) is 0. The highest BCUT2D eigenvalue weighted by Gasteiger charge is 2.47. The van der Waals surface area contributed by atoms with Gasteiger partial charge in [0.2, 0.25) is 0 Å². The lowest BCUT2D eigenvalue weighted by molar-refractivity contribution is 0.669. The van der Waals surface area contributed by atoms with Gasteiger partial charge in [-0.3, -0.25) is 0 Å². The van der Waals surface area contributed by atoms with E-state index in [0.717, 1.165) is 88.6 Å². The van der Waals surface area contributed by atoms with Crippen molar-refractivity contribution in [1.82, 2.24) is 0 Å². The second-order valence-corrected chi connectivity index (χ2v) is 17.9. The van der Waals surface area contributed by atoms with Gasteiger partial charge < -0.3 is 13.7 Å². The van der Waals surface area contributed by atoms with Crippen molar-refractivity contribution in [1.29, 1.82) is 0 Å². The number of benzene rings is 11. The van der Waals surface area contributed by atoms with E-state index in [1.165, 1.54) is 38.8 Å². The van der Waals surface area contributed by atoms with Crippen molar-refractivity contribution in [3.63, 3.8) is 0 Å². The molecule has 1 aliphatic carbocycles. The summed E-state index contributed by atoms with van der Waals surface area (Å²) in [5, 5.41) is 6.81. The van der Waals surface area contributed by atoms with Gasteiger partial charge in [0.25, 0.3) is 0 Å². The molecule has 0 bridgehead atoms. The van der Waals surface area contributed by atoms with Gasteiger partial charge in [0.05, 0.1) is 16.8 Å². The van der Waals surface area contributed by atoms with E-state index in [-0.39, 0.29) is 0 Å².